The SMILES string of the molecule is Fc1ccc(Oc2cc(Cl)ccc2CNC2CC2)c(F)c1. The average molecular weight is 310 g/mol. The van der Waals surface area contributed by atoms with Gasteiger partial charge in [0.15, 0.2) is 11.6 Å². The van der Waals surface area contributed by atoms with Gasteiger partial charge in [-0.15, -0.1) is 0 Å². The topological polar surface area (TPSA) is 21.3 Å². The molecule has 1 saturated carbocycles. The molecule has 0 atom stereocenters. The van der Waals surface area contributed by atoms with Crippen molar-refractivity contribution < 1.29 is 13.5 Å². The summed E-state index contributed by atoms with van der Waals surface area (Å²) >= 11 is 5.97. The van der Waals surface area contributed by atoms with Crippen molar-refractivity contribution in [3.8, 4) is 11.5 Å². The Morgan fingerprint density at radius 3 is 2.62 bits per heavy atom. The zero-order valence-corrected chi connectivity index (χ0v) is 12.0. The van der Waals surface area contributed by atoms with Gasteiger partial charge in [0.1, 0.15) is 11.6 Å². The van der Waals surface area contributed by atoms with E-state index in [4.69, 9.17) is 16.3 Å². The van der Waals surface area contributed by atoms with Gasteiger partial charge < -0.3 is 10.1 Å². The summed E-state index contributed by atoms with van der Waals surface area (Å²) in [6, 6.07) is 9.01. The molecule has 0 spiro atoms. The van der Waals surface area contributed by atoms with Crippen molar-refractivity contribution in [2.75, 3.05) is 0 Å². The van der Waals surface area contributed by atoms with Crippen molar-refractivity contribution >= 4 is 11.6 Å². The molecule has 0 saturated heterocycles. The number of hydrogen-bond acceptors (Lipinski definition) is 2. The third kappa shape index (κ3) is 3.71. The van der Waals surface area contributed by atoms with Gasteiger partial charge in [0.25, 0.3) is 0 Å². The normalized spacial score (nSPS) is 14.2. The zero-order chi connectivity index (χ0) is 14.8. The molecule has 1 aliphatic rings. The number of nitrogens with one attached hydrogen (secondary N) is 1. The van der Waals surface area contributed by atoms with Crippen molar-refractivity contribution in [3.05, 3.63) is 58.6 Å². The van der Waals surface area contributed by atoms with Crippen LogP contribution in [-0.4, -0.2) is 6.04 Å². The summed E-state index contributed by atoms with van der Waals surface area (Å²) in [6.45, 7) is 0.625. The average Bonchev–Trinajstić information content (AvgIpc) is 3.25. The highest BCUT2D eigenvalue weighted by molar-refractivity contribution is 6.30. The van der Waals surface area contributed by atoms with E-state index in [1.165, 1.54) is 18.9 Å². The van der Waals surface area contributed by atoms with Crippen LogP contribution in [0.4, 0.5) is 8.78 Å². The molecule has 5 heteroatoms. The van der Waals surface area contributed by atoms with E-state index in [1.54, 1.807) is 12.1 Å². The van der Waals surface area contributed by atoms with Crippen molar-refractivity contribution in [2.45, 2.75) is 25.4 Å². The highest BCUT2D eigenvalue weighted by Crippen LogP contribution is 2.31. The number of halogens is 3. The molecule has 1 aliphatic carbocycles. The van der Waals surface area contributed by atoms with Crippen LogP contribution in [0.15, 0.2) is 36.4 Å². The summed E-state index contributed by atoms with van der Waals surface area (Å²) in [5.41, 5.74) is 0.884. The predicted molar refractivity (Wildman–Crippen MR) is 77.7 cm³/mol. The molecule has 2 aromatic rings. The van der Waals surface area contributed by atoms with E-state index < -0.39 is 11.6 Å². The van der Waals surface area contributed by atoms with Crippen LogP contribution in [0, 0.1) is 11.6 Å². The van der Waals surface area contributed by atoms with Crippen LogP contribution in [0.25, 0.3) is 0 Å². The summed E-state index contributed by atoms with van der Waals surface area (Å²) in [5, 5.41) is 3.87. The summed E-state index contributed by atoms with van der Waals surface area (Å²) in [7, 11) is 0. The first-order valence-electron chi connectivity index (χ1n) is 6.76. The minimum absolute atomic E-state index is 0.0219. The Morgan fingerprint density at radius 2 is 1.90 bits per heavy atom. The Morgan fingerprint density at radius 1 is 1.10 bits per heavy atom. The van der Waals surface area contributed by atoms with Crippen molar-refractivity contribution in [3.63, 3.8) is 0 Å². The summed E-state index contributed by atoms with van der Waals surface area (Å²) in [4.78, 5) is 0. The molecule has 0 aliphatic heterocycles. The van der Waals surface area contributed by atoms with Crippen LogP contribution in [0.1, 0.15) is 18.4 Å². The monoisotopic (exact) mass is 309 g/mol. The van der Waals surface area contributed by atoms with Crippen LogP contribution in [0.2, 0.25) is 5.02 Å². The Hall–Kier alpha value is -1.65. The molecule has 21 heavy (non-hydrogen) atoms. The quantitative estimate of drug-likeness (QED) is 0.867. The molecule has 3 rings (SSSR count). The Kier molecular flexibility index (Phi) is 4.08. The van der Waals surface area contributed by atoms with E-state index in [-0.39, 0.29) is 5.75 Å². The van der Waals surface area contributed by atoms with Crippen molar-refractivity contribution in [1.29, 1.82) is 0 Å². The minimum Gasteiger partial charge on any atom is -0.454 e. The van der Waals surface area contributed by atoms with Gasteiger partial charge in [-0.25, -0.2) is 8.78 Å². The van der Waals surface area contributed by atoms with Gasteiger partial charge in [-0.3, -0.25) is 0 Å². The third-order valence-electron chi connectivity index (χ3n) is 3.30. The van der Waals surface area contributed by atoms with E-state index in [0.29, 0.717) is 23.4 Å². The zero-order valence-electron chi connectivity index (χ0n) is 11.2. The van der Waals surface area contributed by atoms with E-state index in [9.17, 15) is 8.78 Å². The van der Waals surface area contributed by atoms with Gasteiger partial charge >= 0.3 is 0 Å². The van der Waals surface area contributed by atoms with Crippen molar-refractivity contribution in [1.82, 2.24) is 5.32 Å². The molecule has 2 nitrogen and oxygen atoms in total. The van der Waals surface area contributed by atoms with Crippen molar-refractivity contribution in [2.24, 2.45) is 0 Å². The third-order valence-corrected chi connectivity index (χ3v) is 3.54. The maximum atomic E-state index is 13.7. The van der Waals surface area contributed by atoms with Gasteiger partial charge in [0.2, 0.25) is 0 Å². The van der Waals surface area contributed by atoms with E-state index in [1.807, 2.05) is 6.07 Å². The first kappa shape index (κ1) is 14.3. The van der Waals surface area contributed by atoms with E-state index in [0.717, 1.165) is 17.7 Å². The second-order valence-corrected chi connectivity index (χ2v) is 5.52. The summed E-state index contributed by atoms with van der Waals surface area (Å²) in [5.74, 6) is -0.926. The fourth-order valence-corrected chi connectivity index (χ4v) is 2.15. The van der Waals surface area contributed by atoms with Gasteiger partial charge in [-0.2, -0.15) is 0 Å². The fraction of sp³-hybridized carbons (Fsp3) is 0.250. The molecule has 0 bridgehead atoms. The van der Waals surface area contributed by atoms with Crippen LogP contribution >= 0.6 is 11.6 Å². The second-order valence-electron chi connectivity index (χ2n) is 5.08. The highest BCUT2D eigenvalue weighted by atomic mass is 35.5. The van der Waals surface area contributed by atoms with Crippen LogP contribution < -0.4 is 10.1 Å². The molecule has 0 amide bonds. The molecular formula is C16H14ClF2NO. The maximum Gasteiger partial charge on any atom is 0.168 e. The summed E-state index contributed by atoms with van der Waals surface area (Å²) in [6.07, 6.45) is 2.35. The lowest BCUT2D eigenvalue weighted by Crippen LogP contribution is -2.15. The smallest absolute Gasteiger partial charge is 0.168 e. The van der Waals surface area contributed by atoms with Gasteiger partial charge in [-0.05, 0) is 37.1 Å². The number of rotatable bonds is 5. The molecule has 110 valence electrons. The predicted octanol–water partition coefficient (Wildman–Crippen LogP) is 4.66. The first-order chi connectivity index (χ1) is 10.1. The highest BCUT2D eigenvalue weighted by Gasteiger charge is 2.21. The standard InChI is InChI=1S/C16H14ClF2NO/c17-11-2-1-10(9-20-13-4-5-13)16(7-11)21-15-6-3-12(18)8-14(15)19/h1-3,6-8,13,20H,4-5,9H2. The number of benzene rings is 2. The van der Waals surface area contributed by atoms with Gasteiger partial charge in [0, 0.05) is 29.2 Å². The van der Waals surface area contributed by atoms with Gasteiger partial charge in [0.05, 0.1) is 0 Å². The maximum absolute atomic E-state index is 13.7. The lowest BCUT2D eigenvalue weighted by Gasteiger charge is -2.13. The Balaban J connectivity index is 1.83. The molecule has 0 aromatic heterocycles. The van der Waals surface area contributed by atoms with Gasteiger partial charge in [-0.1, -0.05) is 17.7 Å². The lowest BCUT2D eigenvalue weighted by atomic mass is 10.2. The molecule has 0 radical (unpaired) electrons. The van der Waals surface area contributed by atoms with Crippen LogP contribution in [-0.2, 0) is 6.54 Å². The van der Waals surface area contributed by atoms with Crippen LogP contribution in [0.5, 0.6) is 11.5 Å². The number of ether oxygens (including phenoxy) is 1. The molecule has 2 aromatic carbocycles. The van der Waals surface area contributed by atoms with E-state index >= 15 is 0 Å². The summed E-state index contributed by atoms with van der Waals surface area (Å²) < 4.78 is 32.2. The van der Waals surface area contributed by atoms with Crippen LogP contribution in [0.3, 0.4) is 0 Å². The Bertz CT molecular complexity index is 659. The largest absolute Gasteiger partial charge is 0.454 e. The lowest BCUT2D eigenvalue weighted by molar-refractivity contribution is 0.431. The fourth-order valence-electron chi connectivity index (χ4n) is 1.99. The Labute approximate surface area is 126 Å². The second kappa shape index (κ2) is 6.00. The molecule has 0 heterocycles. The molecule has 1 N–H and O–H groups in total. The number of hydrogen-bond donors (Lipinski definition) is 1. The minimum atomic E-state index is -0.740. The first-order valence-corrected chi connectivity index (χ1v) is 7.14. The van der Waals surface area contributed by atoms with E-state index in [2.05, 4.69) is 5.32 Å². The molecule has 1 fully saturated rings. The molecule has 0 unspecified atom stereocenters. The molecular weight excluding hydrogens is 296 g/mol.